The van der Waals surface area contributed by atoms with Gasteiger partial charge in [0.2, 0.25) is 5.91 Å². The quantitative estimate of drug-likeness (QED) is 0.629. The lowest BCUT2D eigenvalue weighted by Gasteiger charge is -2.27. The molecule has 0 spiro atoms. The molecule has 0 aliphatic rings. The first-order valence-electron chi connectivity index (χ1n) is 8.78. The van der Waals surface area contributed by atoms with E-state index in [9.17, 15) is 4.79 Å². The Labute approximate surface area is 168 Å². The van der Waals surface area contributed by atoms with E-state index in [1.165, 1.54) is 11.3 Å². The molecule has 2 aromatic carbocycles. The number of para-hydroxylation sites is 1. The molecule has 1 N–H and O–H groups in total. The van der Waals surface area contributed by atoms with Crippen molar-refractivity contribution in [2.75, 3.05) is 18.5 Å². The molecule has 0 fully saturated rings. The largest absolute Gasteiger partial charge is 0.370 e. The number of carbonyl (C=O) groups is 1. The van der Waals surface area contributed by atoms with Crippen molar-refractivity contribution < 1.29 is 4.79 Å². The van der Waals surface area contributed by atoms with Crippen LogP contribution in [0.3, 0.4) is 0 Å². The summed E-state index contributed by atoms with van der Waals surface area (Å²) in [7, 11) is 2.03. The molecule has 1 amide bonds. The van der Waals surface area contributed by atoms with Crippen molar-refractivity contribution in [3.63, 3.8) is 0 Å². The van der Waals surface area contributed by atoms with Crippen LogP contribution in [0.25, 0.3) is 10.6 Å². The van der Waals surface area contributed by atoms with Gasteiger partial charge in [-0.3, -0.25) is 4.79 Å². The molecule has 0 radical (unpaired) electrons. The third-order valence-corrected chi connectivity index (χ3v) is 5.67. The Morgan fingerprint density at radius 2 is 1.89 bits per heavy atom. The van der Waals surface area contributed by atoms with Crippen LogP contribution in [-0.2, 0) is 11.2 Å². The van der Waals surface area contributed by atoms with Crippen molar-refractivity contribution in [3.05, 3.63) is 70.7 Å². The zero-order chi connectivity index (χ0) is 19.2. The summed E-state index contributed by atoms with van der Waals surface area (Å²) in [6, 6.07) is 17.9. The summed E-state index contributed by atoms with van der Waals surface area (Å²) < 4.78 is 0. The number of carbonyl (C=O) groups excluding carboxylic acids is 1. The fourth-order valence-corrected chi connectivity index (χ4v) is 3.83. The molecule has 0 saturated heterocycles. The highest BCUT2D eigenvalue weighted by Crippen LogP contribution is 2.30. The van der Waals surface area contributed by atoms with Crippen molar-refractivity contribution in [2.24, 2.45) is 0 Å². The topological polar surface area (TPSA) is 45.2 Å². The van der Waals surface area contributed by atoms with Crippen molar-refractivity contribution in [2.45, 2.75) is 19.4 Å². The van der Waals surface area contributed by atoms with E-state index in [4.69, 9.17) is 11.6 Å². The van der Waals surface area contributed by atoms with Crippen molar-refractivity contribution in [3.8, 4) is 10.6 Å². The molecule has 3 aromatic rings. The van der Waals surface area contributed by atoms with Crippen molar-refractivity contribution >= 4 is 34.5 Å². The number of rotatable bonds is 7. The minimum absolute atomic E-state index is 0.0284. The van der Waals surface area contributed by atoms with Gasteiger partial charge in [-0.1, -0.05) is 48.0 Å². The summed E-state index contributed by atoms with van der Waals surface area (Å²) in [5, 5.41) is 6.42. The van der Waals surface area contributed by atoms with Gasteiger partial charge >= 0.3 is 0 Å². The molecular formula is C21H22ClN3OS. The number of anilines is 1. The number of benzene rings is 2. The van der Waals surface area contributed by atoms with E-state index in [1.807, 2.05) is 54.9 Å². The maximum absolute atomic E-state index is 12.3. The zero-order valence-corrected chi connectivity index (χ0v) is 16.9. The summed E-state index contributed by atoms with van der Waals surface area (Å²) in [5.41, 5.74) is 2.79. The number of aromatic nitrogens is 1. The molecule has 1 unspecified atom stereocenters. The standard InChI is InChI=1S/C21H22ClN3OS/c1-15(25(2)17-8-4-3-5-9-17)13-23-20(26)12-16-14-27-21(24-16)18-10-6-7-11-19(18)22/h3-11,14-15H,12-13H2,1-2H3,(H,23,26). The Morgan fingerprint density at radius 3 is 2.63 bits per heavy atom. The van der Waals surface area contributed by atoms with Crippen LogP contribution < -0.4 is 10.2 Å². The molecule has 27 heavy (non-hydrogen) atoms. The van der Waals surface area contributed by atoms with Crippen molar-refractivity contribution in [1.29, 1.82) is 0 Å². The number of halogens is 1. The number of thiazole rings is 1. The van der Waals surface area contributed by atoms with E-state index in [-0.39, 0.29) is 18.4 Å². The smallest absolute Gasteiger partial charge is 0.226 e. The van der Waals surface area contributed by atoms with Crippen molar-refractivity contribution in [1.82, 2.24) is 10.3 Å². The average Bonchev–Trinajstić information content (AvgIpc) is 3.14. The normalized spacial score (nSPS) is 11.8. The molecule has 140 valence electrons. The monoisotopic (exact) mass is 399 g/mol. The third kappa shape index (κ3) is 5.08. The second-order valence-corrected chi connectivity index (χ2v) is 7.67. The van der Waals surface area contributed by atoms with Gasteiger partial charge in [-0.15, -0.1) is 11.3 Å². The van der Waals surface area contributed by atoms with E-state index >= 15 is 0 Å². The molecule has 1 aromatic heterocycles. The molecule has 0 aliphatic heterocycles. The second-order valence-electron chi connectivity index (χ2n) is 6.40. The Balaban J connectivity index is 1.53. The van der Waals surface area contributed by atoms with Gasteiger partial charge in [0.15, 0.2) is 0 Å². The highest BCUT2D eigenvalue weighted by Gasteiger charge is 2.14. The molecular weight excluding hydrogens is 378 g/mol. The summed E-state index contributed by atoms with van der Waals surface area (Å²) in [6.45, 7) is 2.66. The number of hydrogen-bond donors (Lipinski definition) is 1. The predicted octanol–water partition coefficient (Wildman–Crippen LogP) is 4.65. The molecule has 0 bridgehead atoms. The van der Waals surface area contributed by atoms with Gasteiger partial charge in [-0.2, -0.15) is 0 Å². The van der Waals surface area contributed by atoms with Crippen LogP contribution in [0.1, 0.15) is 12.6 Å². The second kappa shape index (κ2) is 9.02. The van der Waals surface area contributed by atoms with Crippen LogP contribution in [0.5, 0.6) is 0 Å². The van der Waals surface area contributed by atoms with Gasteiger partial charge in [0.1, 0.15) is 5.01 Å². The van der Waals surface area contributed by atoms with Crippen LogP contribution in [0.4, 0.5) is 5.69 Å². The van der Waals surface area contributed by atoms with E-state index in [2.05, 4.69) is 34.3 Å². The molecule has 0 aliphatic carbocycles. The average molecular weight is 400 g/mol. The van der Waals surface area contributed by atoms with Gasteiger partial charge in [-0.25, -0.2) is 4.98 Å². The number of nitrogens with one attached hydrogen (secondary N) is 1. The summed E-state index contributed by atoms with van der Waals surface area (Å²) >= 11 is 7.72. The minimum atomic E-state index is -0.0284. The number of amides is 1. The van der Waals surface area contributed by atoms with Gasteiger partial charge in [-0.05, 0) is 25.1 Å². The summed E-state index contributed by atoms with van der Waals surface area (Å²) in [4.78, 5) is 19.0. The van der Waals surface area contributed by atoms with Gasteiger partial charge in [0, 0.05) is 36.3 Å². The highest BCUT2D eigenvalue weighted by molar-refractivity contribution is 7.13. The molecule has 3 rings (SSSR count). The zero-order valence-electron chi connectivity index (χ0n) is 15.4. The lowest BCUT2D eigenvalue weighted by Crippen LogP contribution is -2.40. The van der Waals surface area contributed by atoms with Crippen LogP contribution in [-0.4, -0.2) is 30.5 Å². The minimum Gasteiger partial charge on any atom is -0.370 e. The Morgan fingerprint density at radius 1 is 1.19 bits per heavy atom. The van der Waals surface area contributed by atoms with E-state index in [1.54, 1.807) is 0 Å². The van der Waals surface area contributed by atoms with Crippen LogP contribution in [0.15, 0.2) is 60.0 Å². The van der Waals surface area contributed by atoms with Gasteiger partial charge in [0.25, 0.3) is 0 Å². The van der Waals surface area contributed by atoms with E-state index in [0.29, 0.717) is 11.6 Å². The van der Waals surface area contributed by atoms with E-state index < -0.39 is 0 Å². The fraction of sp³-hybridized carbons (Fsp3) is 0.238. The van der Waals surface area contributed by atoms with Gasteiger partial charge in [0.05, 0.1) is 17.1 Å². The number of nitrogens with zero attached hydrogens (tertiary/aromatic N) is 2. The summed E-state index contributed by atoms with van der Waals surface area (Å²) in [6.07, 6.45) is 0.267. The maximum atomic E-state index is 12.3. The Bertz CT molecular complexity index is 897. The summed E-state index contributed by atoms with van der Waals surface area (Å²) in [5.74, 6) is -0.0284. The fourth-order valence-electron chi connectivity index (χ4n) is 2.69. The molecule has 0 saturated carbocycles. The predicted molar refractivity (Wildman–Crippen MR) is 114 cm³/mol. The Kier molecular flexibility index (Phi) is 6.48. The third-order valence-electron chi connectivity index (χ3n) is 4.42. The first kappa shape index (κ1) is 19.4. The Hall–Kier alpha value is -2.37. The number of likely N-dealkylation sites (N-methyl/N-ethyl adjacent to an activating group) is 1. The first-order chi connectivity index (χ1) is 13.0. The van der Waals surface area contributed by atoms with Crippen LogP contribution >= 0.6 is 22.9 Å². The molecule has 1 heterocycles. The number of hydrogen-bond acceptors (Lipinski definition) is 4. The lowest BCUT2D eigenvalue weighted by molar-refractivity contribution is -0.120. The molecule has 4 nitrogen and oxygen atoms in total. The molecule has 1 atom stereocenters. The SMILES string of the molecule is CC(CNC(=O)Cc1csc(-c2ccccc2Cl)n1)N(C)c1ccccc1. The van der Waals surface area contributed by atoms with Crippen LogP contribution in [0, 0.1) is 0 Å². The first-order valence-corrected chi connectivity index (χ1v) is 10.0. The lowest BCUT2D eigenvalue weighted by atomic mass is 10.2. The van der Waals surface area contributed by atoms with Gasteiger partial charge < -0.3 is 10.2 Å². The maximum Gasteiger partial charge on any atom is 0.226 e. The highest BCUT2D eigenvalue weighted by atomic mass is 35.5. The van der Waals surface area contributed by atoms with E-state index in [0.717, 1.165) is 22.0 Å². The van der Waals surface area contributed by atoms with Crippen LogP contribution in [0.2, 0.25) is 5.02 Å². The molecule has 6 heteroatoms.